The molecule has 0 atom stereocenters. The second-order valence-corrected chi connectivity index (χ2v) is 5.69. The summed E-state index contributed by atoms with van der Waals surface area (Å²) in [4.78, 5) is 23.5. The minimum atomic E-state index is -4.51. The Morgan fingerprint density at radius 1 is 1.22 bits per heavy atom. The summed E-state index contributed by atoms with van der Waals surface area (Å²) in [6.07, 6.45) is -4.51. The average molecular weight is 385 g/mol. The van der Waals surface area contributed by atoms with Crippen LogP contribution in [-0.4, -0.2) is 34.9 Å². The number of nitrogens with one attached hydrogen (secondary N) is 1. The van der Waals surface area contributed by atoms with Gasteiger partial charge in [-0.3, -0.25) is 9.48 Å². The molecule has 0 bridgehead atoms. The molecule has 1 N–H and O–H groups in total. The van der Waals surface area contributed by atoms with Gasteiger partial charge in [0.05, 0.1) is 22.6 Å². The van der Waals surface area contributed by atoms with Gasteiger partial charge in [0.1, 0.15) is 5.75 Å². The normalized spacial score (nSPS) is 11.2. The molecule has 0 unspecified atom stereocenters. The Kier molecular flexibility index (Phi) is 6.09. The van der Waals surface area contributed by atoms with Gasteiger partial charge >= 0.3 is 12.1 Å². The highest BCUT2D eigenvalue weighted by Gasteiger charge is 2.30. The van der Waals surface area contributed by atoms with E-state index in [9.17, 15) is 22.8 Å². The molecular formula is C17H18F3N3O4. The van der Waals surface area contributed by atoms with Gasteiger partial charge in [-0.25, -0.2) is 4.79 Å². The van der Waals surface area contributed by atoms with Crippen LogP contribution in [0.25, 0.3) is 0 Å². The summed E-state index contributed by atoms with van der Waals surface area (Å²) >= 11 is 0. The van der Waals surface area contributed by atoms with Crippen molar-refractivity contribution in [2.75, 3.05) is 18.5 Å². The minimum Gasteiger partial charge on any atom is -0.482 e. The summed E-state index contributed by atoms with van der Waals surface area (Å²) in [7, 11) is 1.73. The molecule has 0 radical (unpaired) electrons. The van der Waals surface area contributed by atoms with Crippen molar-refractivity contribution >= 4 is 17.6 Å². The van der Waals surface area contributed by atoms with E-state index in [2.05, 4.69) is 10.4 Å². The van der Waals surface area contributed by atoms with Crippen LogP contribution in [0, 0.1) is 13.8 Å². The van der Waals surface area contributed by atoms with Crippen molar-refractivity contribution < 1.29 is 32.2 Å². The number of carbonyl (C=O) groups excluding carboxylic acids is 2. The second kappa shape index (κ2) is 8.11. The van der Waals surface area contributed by atoms with E-state index in [-0.39, 0.29) is 5.75 Å². The molecule has 2 rings (SSSR count). The first-order chi connectivity index (χ1) is 12.6. The summed E-state index contributed by atoms with van der Waals surface area (Å²) < 4.78 is 49.2. The van der Waals surface area contributed by atoms with E-state index in [4.69, 9.17) is 9.47 Å². The molecule has 0 fully saturated rings. The molecule has 0 aliphatic rings. The first-order valence-corrected chi connectivity index (χ1v) is 7.83. The molecule has 2 aromatic rings. The van der Waals surface area contributed by atoms with Gasteiger partial charge in [0.25, 0.3) is 5.91 Å². The lowest BCUT2D eigenvalue weighted by Crippen LogP contribution is -2.24. The number of aryl methyl sites for hydroxylation is 2. The summed E-state index contributed by atoms with van der Waals surface area (Å²) in [6.45, 7) is 2.31. The number of hydrogen-bond donors (Lipinski definition) is 1. The predicted molar refractivity (Wildman–Crippen MR) is 89.2 cm³/mol. The van der Waals surface area contributed by atoms with Crippen molar-refractivity contribution in [2.45, 2.75) is 20.0 Å². The number of ether oxygens (including phenoxy) is 2. The quantitative estimate of drug-likeness (QED) is 0.773. The zero-order chi connectivity index (χ0) is 20.2. The highest BCUT2D eigenvalue weighted by Crippen LogP contribution is 2.31. The number of benzene rings is 1. The Balaban J connectivity index is 1.82. The highest BCUT2D eigenvalue weighted by atomic mass is 19.4. The topological polar surface area (TPSA) is 82.5 Å². The van der Waals surface area contributed by atoms with Crippen LogP contribution in [0.2, 0.25) is 0 Å². The van der Waals surface area contributed by atoms with E-state index < -0.39 is 36.8 Å². The fourth-order valence-corrected chi connectivity index (χ4v) is 2.22. The Bertz CT molecular complexity index is 846. The number of carbonyl (C=O) groups is 2. The maximum Gasteiger partial charge on any atom is 0.416 e. The van der Waals surface area contributed by atoms with Crippen molar-refractivity contribution in [1.29, 1.82) is 0 Å². The standard InChI is InChI=1S/C17H18F3N3O4/c1-10-16(11(2)23(3)22-10)21-14(24)8-27-15(25)9-26-13-6-4-5-12(7-13)17(18,19)20/h4-7H,8-9H2,1-3H3,(H,21,24). The van der Waals surface area contributed by atoms with Crippen LogP contribution in [0.3, 0.4) is 0 Å². The molecule has 1 amide bonds. The van der Waals surface area contributed by atoms with Gasteiger partial charge in [-0.2, -0.15) is 18.3 Å². The molecule has 1 aromatic carbocycles. The molecule has 7 nitrogen and oxygen atoms in total. The van der Waals surface area contributed by atoms with Crippen LogP contribution >= 0.6 is 0 Å². The fraction of sp³-hybridized carbons (Fsp3) is 0.353. The van der Waals surface area contributed by atoms with E-state index in [0.717, 1.165) is 23.9 Å². The van der Waals surface area contributed by atoms with Crippen LogP contribution in [0.4, 0.5) is 18.9 Å². The largest absolute Gasteiger partial charge is 0.482 e. The van der Waals surface area contributed by atoms with Gasteiger partial charge < -0.3 is 14.8 Å². The number of amides is 1. The molecule has 1 heterocycles. The molecule has 1 aromatic heterocycles. The molecule has 146 valence electrons. The number of rotatable bonds is 6. The van der Waals surface area contributed by atoms with Crippen LogP contribution in [0.1, 0.15) is 17.0 Å². The van der Waals surface area contributed by atoms with E-state index >= 15 is 0 Å². The van der Waals surface area contributed by atoms with E-state index in [0.29, 0.717) is 11.4 Å². The highest BCUT2D eigenvalue weighted by molar-refractivity contribution is 5.93. The smallest absolute Gasteiger partial charge is 0.416 e. The van der Waals surface area contributed by atoms with Gasteiger partial charge in [-0.15, -0.1) is 0 Å². The summed E-state index contributed by atoms with van der Waals surface area (Å²) in [5.41, 5.74) is 0.983. The van der Waals surface area contributed by atoms with Crippen LogP contribution in [0.15, 0.2) is 24.3 Å². The van der Waals surface area contributed by atoms with Crippen molar-refractivity contribution in [3.05, 3.63) is 41.2 Å². The maximum atomic E-state index is 12.6. The minimum absolute atomic E-state index is 0.132. The Morgan fingerprint density at radius 2 is 1.93 bits per heavy atom. The predicted octanol–water partition coefficient (Wildman–Crippen LogP) is 2.62. The lowest BCUT2D eigenvalue weighted by Gasteiger charge is -2.10. The van der Waals surface area contributed by atoms with Crippen molar-refractivity contribution in [1.82, 2.24) is 9.78 Å². The third-order valence-electron chi connectivity index (χ3n) is 3.66. The van der Waals surface area contributed by atoms with Gasteiger partial charge in [-0.05, 0) is 32.0 Å². The monoisotopic (exact) mass is 385 g/mol. The maximum absolute atomic E-state index is 12.6. The van der Waals surface area contributed by atoms with E-state index in [1.54, 1.807) is 25.6 Å². The van der Waals surface area contributed by atoms with Gasteiger partial charge in [0, 0.05) is 7.05 Å². The molecule has 27 heavy (non-hydrogen) atoms. The number of aromatic nitrogens is 2. The number of alkyl halides is 3. The number of hydrogen-bond acceptors (Lipinski definition) is 5. The number of anilines is 1. The molecule has 10 heteroatoms. The molecule has 0 spiro atoms. The number of halogens is 3. The zero-order valence-electron chi connectivity index (χ0n) is 14.9. The van der Waals surface area contributed by atoms with Crippen LogP contribution in [-0.2, 0) is 27.5 Å². The Hall–Kier alpha value is -3.04. The molecule has 0 saturated heterocycles. The van der Waals surface area contributed by atoms with Crippen LogP contribution in [0.5, 0.6) is 5.75 Å². The fourth-order valence-electron chi connectivity index (χ4n) is 2.22. The van der Waals surface area contributed by atoms with E-state index in [1.807, 2.05) is 0 Å². The second-order valence-electron chi connectivity index (χ2n) is 5.69. The van der Waals surface area contributed by atoms with E-state index in [1.165, 1.54) is 6.07 Å². The average Bonchev–Trinajstić information content (AvgIpc) is 2.84. The first kappa shape index (κ1) is 20.3. The van der Waals surface area contributed by atoms with Gasteiger partial charge in [0.15, 0.2) is 13.2 Å². The molecule has 0 aliphatic carbocycles. The van der Waals surface area contributed by atoms with Crippen molar-refractivity contribution in [3.63, 3.8) is 0 Å². The summed E-state index contributed by atoms with van der Waals surface area (Å²) in [5.74, 6) is -1.59. The first-order valence-electron chi connectivity index (χ1n) is 7.83. The third kappa shape index (κ3) is 5.47. The third-order valence-corrected chi connectivity index (χ3v) is 3.66. The SMILES string of the molecule is Cc1nn(C)c(C)c1NC(=O)COC(=O)COc1cccc(C(F)(F)F)c1. The molecule has 0 saturated carbocycles. The molecular weight excluding hydrogens is 367 g/mol. The lowest BCUT2D eigenvalue weighted by atomic mass is 10.2. The zero-order valence-corrected chi connectivity index (χ0v) is 14.9. The van der Waals surface area contributed by atoms with Gasteiger partial charge in [0.2, 0.25) is 0 Å². The van der Waals surface area contributed by atoms with Crippen LogP contribution < -0.4 is 10.1 Å². The molecule has 0 aliphatic heterocycles. The number of nitrogens with zero attached hydrogens (tertiary/aromatic N) is 2. The summed E-state index contributed by atoms with van der Waals surface area (Å²) in [5, 5.41) is 6.73. The van der Waals surface area contributed by atoms with Crippen molar-refractivity contribution in [2.24, 2.45) is 7.05 Å². The number of esters is 1. The summed E-state index contributed by atoms with van der Waals surface area (Å²) in [6, 6.07) is 4.10. The lowest BCUT2D eigenvalue weighted by molar-refractivity contribution is -0.149. The Labute approximate surface area is 153 Å². The Morgan fingerprint density at radius 3 is 2.52 bits per heavy atom. The van der Waals surface area contributed by atoms with Crippen molar-refractivity contribution in [3.8, 4) is 5.75 Å². The van der Waals surface area contributed by atoms with Gasteiger partial charge in [-0.1, -0.05) is 6.07 Å².